The van der Waals surface area contributed by atoms with Crippen LogP contribution in [0.4, 0.5) is 0 Å². The third-order valence-corrected chi connectivity index (χ3v) is 14.0. The Labute approximate surface area is 229 Å². The lowest BCUT2D eigenvalue weighted by atomic mass is 9.84. The number of benzene rings is 1. The molecule has 3 aliphatic heterocycles. The van der Waals surface area contributed by atoms with Crippen molar-refractivity contribution in [1.29, 1.82) is 0 Å². The van der Waals surface area contributed by atoms with E-state index in [0.29, 0.717) is 23.3 Å². The van der Waals surface area contributed by atoms with E-state index in [2.05, 4.69) is 73.0 Å². The number of pyridine rings is 1. The van der Waals surface area contributed by atoms with Gasteiger partial charge in [-0.1, -0.05) is 56.6 Å². The second-order valence-electron chi connectivity index (χ2n) is 11.5. The Kier molecular flexibility index (Phi) is 7.17. The molecule has 37 heavy (non-hydrogen) atoms. The van der Waals surface area contributed by atoms with E-state index >= 15 is 0 Å². The molecule has 4 heterocycles. The van der Waals surface area contributed by atoms with Crippen LogP contribution in [-0.4, -0.2) is 49.0 Å². The molecule has 1 fully saturated rings. The number of piperidine rings is 1. The van der Waals surface area contributed by atoms with Gasteiger partial charge in [0, 0.05) is 24.9 Å². The molecule has 1 saturated heterocycles. The van der Waals surface area contributed by atoms with Crippen molar-refractivity contribution < 1.29 is 14.0 Å². The van der Waals surface area contributed by atoms with Crippen molar-refractivity contribution >= 4 is 48.3 Å². The highest BCUT2D eigenvalue weighted by Crippen LogP contribution is 2.45. The van der Waals surface area contributed by atoms with Gasteiger partial charge in [-0.05, 0) is 71.6 Å². The second kappa shape index (κ2) is 9.97. The summed E-state index contributed by atoms with van der Waals surface area (Å²) in [6, 6.07) is 12.2. The number of hydrogen-bond acceptors (Lipinski definition) is 6. The Morgan fingerprint density at radius 2 is 1.92 bits per heavy atom. The zero-order valence-corrected chi connectivity index (χ0v) is 24.7. The molecule has 6 nitrogen and oxygen atoms in total. The van der Waals surface area contributed by atoms with Crippen LogP contribution in [0.2, 0.25) is 23.3 Å². The molecule has 5 rings (SSSR count). The predicted octanol–water partition coefficient (Wildman–Crippen LogP) is 6.62. The largest absolute Gasteiger partial charge is 0.412 e. The third-order valence-electron chi connectivity index (χ3n) is 8.17. The lowest BCUT2D eigenvalue weighted by Gasteiger charge is -2.39. The van der Waals surface area contributed by atoms with Gasteiger partial charge < -0.3 is 14.1 Å². The number of carbonyl (C=O) groups excluding carboxylic acids is 1. The summed E-state index contributed by atoms with van der Waals surface area (Å²) in [6.45, 7) is 13.7. The zero-order valence-electron chi connectivity index (χ0n) is 22.1. The number of halogens is 1. The zero-order chi connectivity index (χ0) is 26.4. The fourth-order valence-electron chi connectivity index (χ4n) is 4.78. The maximum absolute atomic E-state index is 13.2. The van der Waals surface area contributed by atoms with E-state index in [0.717, 1.165) is 42.2 Å². The van der Waals surface area contributed by atoms with Gasteiger partial charge in [0.05, 0.1) is 23.7 Å². The highest BCUT2D eigenvalue weighted by atomic mass is 35.5. The number of likely N-dealkylation sites (tertiary alicyclic amines) is 1. The summed E-state index contributed by atoms with van der Waals surface area (Å²) < 4.78 is 12.9. The van der Waals surface area contributed by atoms with E-state index < -0.39 is 8.32 Å². The SMILES string of the molecule is CC(C)(C)[Si](C)(C)OC/C(=C1\SC(N2CCC3(CC2)OCc2ccccc23)=NC1=O)c1ccc(Cl)nc1. The average Bonchev–Trinajstić information content (AvgIpc) is 3.41. The van der Waals surface area contributed by atoms with Gasteiger partial charge in [0.1, 0.15) is 5.15 Å². The molecule has 1 aromatic heterocycles. The topological polar surface area (TPSA) is 64.0 Å². The molecule has 0 unspecified atom stereocenters. The Balaban J connectivity index is 1.36. The Morgan fingerprint density at radius 3 is 2.59 bits per heavy atom. The van der Waals surface area contributed by atoms with E-state index in [1.54, 1.807) is 12.3 Å². The van der Waals surface area contributed by atoms with Crippen molar-refractivity contribution in [3.05, 3.63) is 69.3 Å². The number of hydrogen-bond donors (Lipinski definition) is 0. The molecule has 0 radical (unpaired) electrons. The smallest absolute Gasteiger partial charge is 0.286 e. The fourth-order valence-corrected chi connectivity index (χ4v) is 6.89. The maximum Gasteiger partial charge on any atom is 0.286 e. The summed E-state index contributed by atoms with van der Waals surface area (Å²) in [5.41, 5.74) is 4.03. The molecule has 0 bridgehead atoms. The van der Waals surface area contributed by atoms with Crippen molar-refractivity contribution in [3.8, 4) is 0 Å². The second-order valence-corrected chi connectivity index (χ2v) is 17.6. The van der Waals surface area contributed by atoms with Crippen LogP contribution < -0.4 is 0 Å². The van der Waals surface area contributed by atoms with Gasteiger partial charge in [-0.3, -0.25) is 4.79 Å². The summed E-state index contributed by atoms with van der Waals surface area (Å²) in [7, 11) is -2.04. The minimum absolute atomic E-state index is 0.0558. The molecule has 9 heteroatoms. The van der Waals surface area contributed by atoms with E-state index in [1.807, 2.05) is 6.07 Å². The average molecular weight is 556 g/mol. The number of rotatable bonds is 4. The number of nitrogens with zero attached hydrogens (tertiary/aromatic N) is 3. The lowest BCUT2D eigenvalue weighted by Crippen LogP contribution is -2.44. The van der Waals surface area contributed by atoms with Crippen molar-refractivity contribution in [2.45, 2.75) is 64.0 Å². The van der Waals surface area contributed by atoms with Crippen LogP contribution in [0.25, 0.3) is 5.57 Å². The summed E-state index contributed by atoms with van der Waals surface area (Å²) in [5, 5.41) is 1.23. The first kappa shape index (κ1) is 26.6. The van der Waals surface area contributed by atoms with E-state index in [-0.39, 0.29) is 16.5 Å². The van der Waals surface area contributed by atoms with Gasteiger partial charge in [0.2, 0.25) is 0 Å². The number of aliphatic imine (C=N–C) groups is 1. The van der Waals surface area contributed by atoms with Gasteiger partial charge >= 0.3 is 0 Å². The molecule has 0 saturated carbocycles. The van der Waals surface area contributed by atoms with Gasteiger partial charge in [0.25, 0.3) is 5.91 Å². The van der Waals surface area contributed by atoms with Crippen LogP contribution >= 0.6 is 23.4 Å². The minimum atomic E-state index is -2.04. The number of thioether (sulfide) groups is 1. The van der Waals surface area contributed by atoms with Crippen LogP contribution in [0.3, 0.4) is 0 Å². The number of amides is 1. The monoisotopic (exact) mass is 555 g/mol. The van der Waals surface area contributed by atoms with E-state index in [4.69, 9.17) is 20.8 Å². The van der Waals surface area contributed by atoms with Crippen LogP contribution in [0.1, 0.15) is 50.3 Å². The first-order valence-electron chi connectivity index (χ1n) is 12.8. The number of ether oxygens (including phenoxy) is 1. The predicted molar refractivity (Wildman–Crippen MR) is 153 cm³/mol. The van der Waals surface area contributed by atoms with Gasteiger partial charge in [-0.15, -0.1) is 0 Å². The highest BCUT2D eigenvalue weighted by molar-refractivity contribution is 8.18. The van der Waals surface area contributed by atoms with Crippen LogP contribution in [0.5, 0.6) is 0 Å². The van der Waals surface area contributed by atoms with Gasteiger partial charge in [-0.2, -0.15) is 4.99 Å². The van der Waals surface area contributed by atoms with Gasteiger partial charge in [-0.25, -0.2) is 4.98 Å². The molecule has 196 valence electrons. The quantitative estimate of drug-likeness (QED) is 0.240. The molecule has 1 amide bonds. The Bertz CT molecular complexity index is 1260. The van der Waals surface area contributed by atoms with Crippen LogP contribution in [0.15, 0.2) is 52.5 Å². The summed E-state index contributed by atoms with van der Waals surface area (Å²) in [4.78, 5) is 24.8. The Hall–Kier alpha value is -1.97. The van der Waals surface area contributed by atoms with Crippen molar-refractivity contribution in [3.63, 3.8) is 0 Å². The standard InChI is InChI=1S/C28H34ClN3O3SSi/c1-27(2,3)37(4,5)35-18-21(19-10-11-23(29)30-16-19)24-25(33)31-26(36-24)32-14-12-28(13-15-32)22-9-7-6-8-20(22)17-34-28/h6-11,16H,12-15,17-18H2,1-5H3/b24-21+. The first-order valence-corrected chi connectivity index (χ1v) is 16.9. The lowest BCUT2D eigenvalue weighted by molar-refractivity contribution is -0.113. The minimum Gasteiger partial charge on any atom is -0.412 e. The van der Waals surface area contributed by atoms with Crippen molar-refractivity contribution in [1.82, 2.24) is 9.88 Å². The molecular formula is C28H34ClN3O3SSi. The van der Waals surface area contributed by atoms with Crippen LogP contribution in [-0.2, 0) is 26.2 Å². The summed E-state index contributed by atoms with van der Waals surface area (Å²) >= 11 is 7.51. The van der Waals surface area contributed by atoms with Crippen molar-refractivity contribution in [2.75, 3.05) is 19.7 Å². The highest BCUT2D eigenvalue weighted by Gasteiger charge is 2.44. The molecule has 0 N–H and O–H groups in total. The fraction of sp³-hybridized carbons (Fsp3) is 0.464. The molecule has 3 aliphatic rings. The third kappa shape index (κ3) is 5.19. The Morgan fingerprint density at radius 1 is 1.19 bits per heavy atom. The number of amidine groups is 1. The molecule has 0 aliphatic carbocycles. The first-order chi connectivity index (χ1) is 17.5. The summed E-state index contributed by atoms with van der Waals surface area (Å²) in [6.07, 6.45) is 3.46. The normalized spacial score (nSPS) is 20.9. The van der Waals surface area contributed by atoms with Crippen molar-refractivity contribution in [2.24, 2.45) is 4.99 Å². The van der Waals surface area contributed by atoms with E-state index in [9.17, 15) is 4.79 Å². The molecule has 1 spiro atoms. The maximum atomic E-state index is 13.2. The molecule has 1 aromatic carbocycles. The van der Waals surface area contributed by atoms with Gasteiger partial charge in [0.15, 0.2) is 13.5 Å². The molecule has 0 atom stereocenters. The summed E-state index contributed by atoms with van der Waals surface area (Å²) in [5.74, 6) is -0.216. The molecule has 2 aromatic rings. The number of fused-ring (bicyclic) bond motifs is 2. The van der Waals surface area contributed by atoms with E-state index in [1.165, 1.54) is 22.9 Å². The molecular weight excluding hydrogens is 522 g/mol. The number of carbonyl (C=O) groups is 1. The number of aromatic nitrogens is 1. The van der Waals surface area contributed by atoms with Crippen LogP contribution in [0, 0.1) is 0 Å².